The fraction of sp³-hybridized carbons (Fsp3) is 0.280. The molecule has 0 fully saturated rings. The number of ether oxygens (including phenoxy) is 1. The van der Waals surface area contributed by atoms with E-state index in [9.17, 15) is 0 Å². The topological polar surface area (TPSA) is 42.7 Å². The summed E-state index contributed by atoms with van der Waals surface area (Å²) in [4.78, 5) is 13.0. The van der Waals surface area contributed by atoms with Crippen LogP contribution in [0.25, 0.3) is 11.0 Å². The summed E-state index contributed by atoms with van der Waals surface area (Å²) < 4.78 is 7.90. The van der Waals surface area contributed by atoms with Crippen LogP contribution in [0.5, 0.6) is 5.75 Å². The molecule has 0 saturated carbocycles. The van der Waals surface area contributed by atoms with Crippen LogP contribution in [-0.2, 0) is 13.0 Å². The smallest absolute Gasteiger partial charge is 0.119 e. The largest absolute Gasteiger partial charge is 0.494 e. The average molecular weight is 433 g/mol. The van der Waals surface area contributed by atoms with Crippen molar-refractivity contribution >= 4 is 34.3 Å². The van der Waals surface area contributed by atoms with E-state index >= 15 is 0 Å². The van der Waals surface area contributed by atoms with Crippen LogP contribution in [0.2, 0.25) is 0 Å². The number of nitrogens with zero attached hydrogens (tertiary/aromatic N) is 4. The molecule has 0 aliphatic heterocycles. The SMILES string of the molecule is CCOc1ccc(Cc2nc3ccc(N=Cc4cccs4)cc3n2CCN(C)C)cc1. The minimum absolute atomic E-state index is 0.678. The van der Waals surface area contributed by atoms with Gasteiger partial charge in [-0.1, -0.05) is 18.2 Å². The molecule has 0 N–H and O–H groups in total. The van der Waals surface area contributed by atoms with Gasteiger partial charge in [0.15, 0.2) is 0 Å². The van der Waals surface area contributed by atoms with Crippen molar-refractivity contribution in [3.63, 3.8) is 0 Å². The fourth-order valence-electron chi connectivity index (χ4n) is 3.48. The normalized spacial score (nSPS) is 11.7. The lowest BCUT2D eigenvalue weighted by Gasteiger charge is -2.14. The molecule has 5 nitrogen and oxygen atoms in total. The van der Waals surface area contributed by atoms with E-state index in [-0.39, 0.29) is 0 Å². The van der Waals surface area contributed by atoms with E-state index in [0.29, 0.717) is 6.61 Å². The number of fused-ring (bicyclic) bond motifs is 1. The van der Waals surface area contributed by atoms with Gasteiger partial charge in [-0.3, -0.25) is 4.99 Å². The Morgan fingerprint density at radius 2 is 1.97 bits per heavy atom. The van der Waals surface area contributed by atoms with Gasteiger partial charge in [0.2, 0.25) is 0 Å². The van der Waals surface area contributed by atoms with Crippen molar-refractivity contribution in [2.45, 2.75) is 19.9 Å². The molecule has 2 heterocycles. The Labute approximate surface area is 187 Å². The minimum Gasteiger partial charge on any atom is -0.494 e. The van der Waals surface area contributed by atoms with Crippen molar-refractivity contribution in [1.29, 1.82) is 0 Å². The summed E-state index contributed by atoms with van der Waals surface area (Å²) in [5.74, 6) is 1.97. The standard InChI is InChI=1S/C25H28N4OS/c1-4-30-21-10-7-19(8-11-21)16-25-27-23-12-9-20(26-18-22-6-5-15-31-22)17-24(23)29(25)14-13-28(2)3/h5-12,15,17-18H,4,13-14,16H2,1-3H3. The fourth-order valence-corrected chi connectivity index (χ4v) is 4.07. The number of hydrogen-bond donors (Lipinski definition) is 0. The first-order valence-corrected chi connectivity index (χ1v) is 11.4. The second-order valence-corrected chi connectivity index (χ2v) is 8.66. The number of likely N-dealkylation sites (N-methyl/N-ethyl adjacent to an activating group) is 1. The zero-order valence-corrected chi connectivity index (χ0v) is 19.1. The molecule has 4 rings (SSSR count). The van der Waals surface area contributed by atoms with Crippen molar-refractivity contribution in [3.8, 4) is 5.75 Å². The molecule has 6 heteroatoms. The number of thiophene rings is 1. The molecule has 2 aromatic heterocycles. The molecule has 0 spiro atoms. The zero-order chi connectivity index (χ0) is 21.6. The van der Waals surface area contributed by atoms with Crippen molar-refractivity contribution in [1.82, 2.24) is 14.5 Å². The molecule has 0 atom stereocenters. The van der Waals surface area contributed by atoms with Gasteiger partial charge < -0.3 is 14.2 Å². The predicted molar refractivity (Wildman–Crippen MR) is 130 cm³/mol. The molecular formula is C25H28N4OS. The maximum Gasteiger partial charge on any atom is 0.119 e. The van der Waals surface area contributed by atoms with E-state index in [1.54, 1.807) is 11.3 Å². The molecule has 0 radical (unpaired) electrons. The van der Waals surface area contributed by atoms with Crippen LogP contribution in [0.15, 0.2) is 65.0 Å². The van der Waals surface area contributed by atoms with Crippen LogP contribution >= 0.6 is 11.3 Å². The molecule has 0 unspecified atom stereocenters. The molecule has 160 valence electrons. The van der Waals surface area contributed by atoms with Crippen molar-refractivity contribution in [2.24, 2.45) is 4.99 Å². The van der Waals surface area contributed by atoms with E-state index in [1.807, 2.05) is 37.4 Å². The van der Waals surface area contributed by atoms with E-state index < -0.39 is 0 Å². The molecule has 0 amide bonds. The van der Waals surface area contributed by atoms with Gasteiger partial charge in [0.05, 0.1) is 23.3 Å². The summed E-state index contributed by atoms with van der Waals surface area (Å²) >= 11 is 1.69. The lowest BCUT2D eigenvalue weighted by molar-refractivity contribution is 0.340. The first-order valence-electron chi connectivity index (χ1n) is 10.6. The summed E-state index contributed by atoms with van der Waals surface area (Å²) in [7, 11) is 4.20. The van der Waals surface area contributed by atoms with Gasteiger partial charge in [0.1, 0.15) is 11.6 Å². The van der Waals surface area contributed by atoms with Crippen LogP contribution in [0, 0.1) is 0 Å². The van der Waals surface area contributed by atoms with E-state index in [0.717, 1.165) is 52.7 Å². The monoisotopic (exact) mass is 432 g/mol. The van der Waals surface area contributed by atoms with Crippen LogP contribution in [-0.4, -0.2) is 47.9 Å². The van der Waals surface area contributed by atoms with Gasteiger partial charge in [0.25, 0.3) is 0 Å². The predicted octanol–water partition coefficient (Wildman–Crippen LogP) is 5.40. The summed E-state index contributed by atoms with van der Waals surface area (Å²) in [6.45, 7) is 4.51. The van der Waals surface area contributed by atoms with Crippen LogP contribution in [0.4, 0.5) is 5.69 Å². The molecule has 0 aliphatic carbocycles. The lowest BCUT2D eigenvalue weighted by Crippen LogP contribution is -2.19. The summed E-state index contributed by atoms with van der Waals surface area (Å²) in [6, 6.07) is 18.7. The Bertz CT molecular complexity index is 1140. The van der Waals surface area contributed by atoms with Gasteiger partial charge in [-0.2, -0.15) is 0 Å². The second-order valence-electron chi connectivity index (χ2n) is 7.68. The van der Waals surface area contributed by atoms with E-state index in [2.05, 4.69) is 64.3 Å². The third-order valence-electron chi connectivity index (χ3n) is 5.06. The maximum atomic E-state index is 5.57. The van der Waals surface area contributed by atoms with Crippen LogP contribution in [0.3, 0.4) is 0 Å². The zero-order valence-electron chi connectivity index (χ0n) is 18.3. The van der Waals surface area contributed by atoms with Crippen LogP contribution in [0.1, 0.15) is 23.2 Å². The summed E-state index contributed by atoms with van der Waals surface area (Å²) in [5, 5.41) is 2.06. The minimum atomic E-state index is 0.678. The number of rotatable bonds is 9. The van der Waals surface area contributed by atoms with Gasteiger partial charge >= 0.3 is 0 Å². The molecule has 0 bridgehead atoms. The Hall–Kier alpha value is -2.96. The van der Waals surface area contributed by atoms with Gasteiger partial charge in [-0.05, 0) is 68.4 Å². The van der Waals surface area contributed by atoms with Gasteiger partial charge in [-0.15, -0.1) is 11.3 Å². The number of benzene rings is 2. The summed E-state index contributed by atoms with van der Waals surface area (Å²) in [5.41, 5.74) is 4.30. The first kappa shape index (κ1) is 21.3. The van der Waals surface area contributed by atoms with Crippen molar-refractivity contribution in [3.05, 3.63) is 76.2 Å². The molecule has 4 aromatic rings. The Morgan fingerprint density at radius 3 is 2.68 bits per heavy atom. The lowest BCUT2D eigenvalue weighted by atomic mass is 10.1. The highest BCUT2D eigenvalue weighted by Crippen LogP contribution is 2.25. The Kier molecular flexibility index (Phi) is 6.79. The number of aromatic nitrogens is 2. The molecule has 2 aromatic carbocycles. The average Bonchev–Trinajstić information content (AvgIpc) is 3.39. The number of hydrogen-bond acceptors (Lipinski definition) is 5. The number of imidazole rings is 1. The second kappa shape index (κ2) is 9.90. The van der Waals surface area contributed by atoms with Gasteiger partial charge in [0, 0.05) is 30.6 Å². The third-order valence-corrected chi connectivity index (χ3v) is 5.87. The van der Waals surface area contributed by atoms with Gasteiger partial charge in [-0.25, -0.2) is 4.98 Å². The van der Waals surface area contributed by atoms with E-state index in [4.69, 9.17) is 9.72 Å². The Morgan fingerprint density at radius 1 is 1.13 bits per heavy atom. The highest BCUT2D eigenvalue weighted by Gasteiger charge is 2.12. The third kappa shape index (κ3) is 5.40. The first-order chi connectivity index (χ1) is 15.1. The van der Waals surface area contributed by atoms with Crippen molar-refractivity contribution < 1.29 is 4.74 Å². The molecule has 0 saturated heterocycles. The highest BCUT2D eigenvalue weighted by molar-refractivity contribution is 7.11. The summed E-state index contributed by atoms with van der Waals surface area (Å²) in [6.07, 6.45) is 2.70. The quantitative estimate of drug-likeness (QED) is 0.333. The maximum absolute atomic E-state index is 5.57. The van der Waals surface area contributed by atoms with Crippen molar-refractivity contribution in [2.75, 3.05) is 27.2 Å². The highest BCUT2D eigenvalue weighted by atomic mass is 32.1. The molecular weight excluding hydrogens is 404 g/mol. The van der Waals surface area contributed by atoms with E-state index in [1.165, 1.54) is 5.56 Å². The molecule has 0 aliphatic rings. The van der Waals surface area contributed by atoms with Crippen LogP contribution < -0.4 is 4.74 Å². The molecule has 31 heavy (non-hydrogen) atoms. The number of aliphatic imine (C=N–C) groups is 1. The Balaban J connectivity index is 1.65.